The number of rotatable bonds is 9. The van der Waals surface area contributed by atoms with Gasteiger partial charge in [0.25, 0.3) is 0 Å². The molecule has 178 valence electrons. The Morgan fingerprint density at radius 1 is 1.03 bits per heavy atom. The highest BCUT2D eigenvalue weighted by molar-refractivity contribution is 9.10. The van der Waals surface area contributed by atoms with Gasteiger partial charge in [0.1, 0.15) is 23.7 Å². The van der Waals surface area contributed by atoms with Crippen LogP contribution >= 0.6 is 15.9 Å². The minimum absolute atomic E-state index is 0.377. The number of nitrogens with one attached hydrogen (secondary N) is 3. The number of hydrogen-bond acceptors (Lipinski definition) is 7. The standard InChI is InChI=1S/C24H27BrN6O3/c25-20-4-1-2-5-21(20)29-24(32)30-23-16-22(26-17-27-23)28-18-6-8-19(9-7-18)34-13-3-10-31-11-14-33-15-12-31/h1-2,4-9,16-17H,3,10-15H2,(H3,26,27,28,29,30,32). The smallest absolute Gasteiger partial charge is 0.324 e. The van der Waals surface area contributed by atoms with Crippen LogP contribution in [0.4, 0.5) is 27.8 Å². The molecule has 2 heterocycles. The normalized spacial score (nSPS) is 13.8. The molecule has 3 N–H and O–H groups in total. The molecular weight excluding hydrogens is 500 g/mol. The third-order valence-electron chi connectivity index (χ3n) is 5.15. The fourth-order valence-electron chi connectivity index (χ4n) is 3.41. The van der Waals surface area contributed by atoms with Crippen LogP contribution in [0.2, 0.25) is 0 Å². The van der Waals surface area contributed by atoms with Gasteiger partial charge < -0.3 is 20.1 Å². The molecule has 0 atom stereocenters. The summed E-state index contributed by atoms with van der Waals surface area (Å²) in [5.74, 6) is 1.76. The van der Waals surface area contributed by atoms with Crippen LogP contribution in [0.15, 0.2) is 65.4 Å². The van der Waals surface area contributed by atoms with Crippen molar-refractivity contribution in [2.24, 2.45) is 0 Å². The molecule has 3 aromatic rings. The van der Waals surface area contributed by atoms with E-state index in [1.54, 1.807) is 12.1 Å². The third kappa shape index (κ3) is 7.41. The van der Waals surface area contributed by atoms with Gasteiger partial charge in [-0.25, -0.2) is 14.8 Å². The van der Waals surface area contributed by atoms with Crippen LogP contribution in [-0.2, 0) is 4.74 Å². The number of carbonyl (C=O) groups excluding carboxylic acids is 1. The first-order chi connectivity index (χ1) is 16.7. The van der Waals surface area contributed by atoms with Gasteiger partial charge in [0.05, 0.1) is 25.5 Å². The van der Waals surface area contributed by atoms with Gasteiger partial charge in [-0.2, -0.15) is 0 Å². The first kappa shape index (κ1) is 23.9. The summed E-state index contributed by atoms with van der Waals surface area (Å²) < 4.78 is 12.0. The number of morpholine rings is 1. The Balaban J connectivity index is 1.23. The van der Waals surface area contributed by atoms with E-state index in [1.165, 1.54) is 6.33 Å². The molecule has 2 aromatic carbocycles. The molecule has 0 aliphatic carbocycles. The second-order valence-corrected chi connectivity index (χ2v) is 8.51. The van der Waals surface area contributed by atoms with Crippen molar-refractivity contribution in [3.05, 3.63) is 65.4 Å². The molecule has 1 aliphatic heterocycles. The zero-order valence-corrected chi connectivity index (χ0v) is 20.3. The number of carbonyl (C=O) groups is 1. The maximum atomic E-state index is 12.3. The Kier molecular flexibility index (Phi) is 8.66. The Bertz CT molecular complexity index is 1080. The Labute approximate surface area is 207 Å². The summed E-state index contributed by atoms with van der Waals surface area (Å²) in [6.07, 6.45) is 2.37. The average Bonchev–Trinajstić information content (AvgIpc) is 2.85. The van der Waals surface area contributed by atoms with Crippen molar-refractivity contribution in [2.45, 2.75) is 6.42 Å². The van der Waals surface area contributed by atoms with Crippen LogP contribution in [0, 0.1) is 0 Å². The van der Waals surface area contributed by atoms with Gasteiger partial charge in [-0.05, 0) is 58.7 Å². The molecule has 0 bridgehead atoms. The van der Waals surface area contributed by atoms with Crippen molar-refractivity contribution in [2.75, 3.05) is 55.4 Å². The van der Waals surface area contributed by atoms with Crippen LogP contribution in [-0.4, -0.2) is 60.4 Å². The number of nitrogens with zero attached hydrogens (tertiary/aromatic N) is 3. The molecule has 10 heteroatoms. The zero-order chi connectivity index (χ0) is 23.6. The van der Waals surface area contributed by atoms with Crippen molar-refractivity contribution < 1.29 is 14.3 Å². The molecule has 1 fully saturated rings. The van der Waals surface area contributed by atoms with E-state index < -0.39 is 6.03 Å². The number of hydrogen-bond donors (Lipinski definition) is 3. The number of anilines is 4. The first-order valence-electron chi connectivity index (χ1n) is 11.1. The molecule has 0 spiro atoms. The number of para-hydroxylation sites is 1. The summed E-state index contributed by atoms with van der Waals surface area (Å²) in [4.78, 5) is 23.0. The van der Waals surface area contributed by atoms with Gasteiger partial charge in [-0.1, -0.05) is 12.1 Å². The lowest BCUT2D eigenvalue weighted by molar-refractivity contribution is 0.0358. The Morgan fingerprint density at radius 3 is 2.59 bits per heavy atom. The minimum Gasteiger partial charge on any atom is -0.494 e. The number of ether oxygens (including phenoxy) is 2. The lowest BCUT2D eigenvalue weighted by Crippen LogP contribution is -2.37. The highest BCUT2D eigenvalue weighted by Crippen LogP contribution is 2.22. The number of amides is 2. The van der Waals surface area contributed by atoms with E-state index in [1.807, 2.05) is 42.5 Å². The summed E-state index contributed by atoms with van der Waals surface area (Å²) in [5, 5.41) is 8.70. The number of benzene rings is 2. The predicted molar refractivity (Wildman–Crippen MR) is 136 cm³/mol. The predicted octanol–water partition coefficient (Wildman–Crippen LogP) is 4.73. The summed E-state index contributed by atoms with van der Waals surface area (Å²) in [7, 11) is 0. The van der Waals surface area contributed by atoms with Gasteiger partial charge in [-0.15, -0.1) is 0 Å². The van der Waals surface area contributed by atoms with Crippen molar-refractivity contribution >= 4 is 45.0 Å². The number of halogens is 1. The Hall–Kier alpha value is -3.21. The fourth-order valence-corrected chi connectivity index (χ4v) is 3.80. The maximum Gasteiger partial charge on any atom is 0.324 e. The van der Waals surface area contributed by atoms with Crippen LogP contribution in [0.25, 0.3) is 0 Å². The molecule has 1 aliphatic rings. The lowest BCUT2D eigenvalue weighted by atomic mass is 10.3. The average molecular weight is 527 g/mol. The van der Waals surface area contributed by atoms with Gasteiger partial charge >= 0.3 is 6.03 Å². The molecule has 34 heavy (non-hydrogen) atoms. The molecule has 9 nitrogen and oxygen atoms in total. The molecular formula is C24H27BrN6O3. The van der Waals surface area contributed by atoms with Crippen LogP contribution in [0.3, 0.4) is 0 Å². The molecule has 4 rings (SSSR count). The molecule has 0 unspecified atom stereocenters. The van der Waals surface area contributed by atoms with E-state index in [9.17, 15) is 4.79 Å². The second-order valence-electron chi connectivity index (χ2n) is 7.65. The number of aromatic nitrogens is 2. The van der Waals surface area contributed by atoms with E-state index in [2.05, 4.69) is 46.7 Å². The zero-order valence-electron chi connectivity index (χ0n) is 18.7. The van der Waals surface area contributed by atoms with Crippen molar-refractivity contribution in [1.29, 1.82) is 0 Å². The fraction of sp³-hybridized carbons (Fsp3) is 0.292. The van der Waals surface area contributed by atoms with Crippen LogP contribution in [0.1, 0.15) is 6.42 Å². The van der Waals surface area contributed by atoms with E-state index in [0.29, 0.717) is 23.9 Å². The first-order valence-corrected chi connectivity index (χ1v) is 11.9. The second kappa shape index (κ2) is 12.3. The van der Waals surface area contributed by atoms with E-state index in [0.717, 1.165) is 55.2 Å². The molecule has 0 saturated carbocycles. The van der Waals surface area contributed by atoms with Gasteiger partial charge in [0.2, 0.25) is 0 Å². The van der Waals surface area contributed by atoms with E-state index >= 15 is 0 Å². The van der Waals surface area contributed by atoms with Crippen molar-refractivity contribution in [1.82, 2.24) is 14.9 Å². The summed E-state index contributed by atoms with van der Waals surface area (Å²) >= 11 is 3.40. The molecule has 1 saturated heterocycles. The van der Waals surface area contributed by atoms with E-state index in [4.69, 9.17) is 9.47 Å². The van der Waals surface area contributed by atoms with Gasteiger partial charge in [-0.3, -0.25) is 10.2 Å². The summed E-state index contributed by atoms with van der Waals surface area (Å²) in [6.45, 7) is 5.32. The third-order valence-corrected chi connectivity index (χ3v) is 5.84. The highest BCUT2D eigenvalue weighted by Gasteiger charge is 2.10. The quantitative estimate of drug-likeness (QED) is 0.346. The van der Waals surface area contributed by atoms with Gasteiger partial charge in [0, 0.05) is 35.9 Å². The topological polar surface area (TPSA) is 101 Å². The number of urea groups is 1. The van der Waals surface area contributed by atoms with Gasteiger partial charge in [0.15, 0.2) is 0 Å². The largest absolute Gasteiger partial charge is 0.494 e. The summed E-state index contributed by atoms with van der Waals surface area (Å²) in [6, 6.07) is 16.3. The molecule has 1 aromatic heterocycles. The SMILES string of the molecule is O=C(Nc1cc(Nc2ccc(OCCCN3CCOCC3)cc2)ncn1)Nc1ccccc1Br. The minimum atomic E-state index is -0.397. The summed E-state index contributed by atoms with van der Waals surface area (Å²) in [5.41, 5.74) is 1.51. The van der Waals surface area contributed by atoms with Crippen molar-refractivity contribution in [3.8, 4) is 5.75 Å². The Morgan fingerprint density at radius 2 is 1.79 bits per heavy atom. The highest BCUT2D eigenvalue weighted by atomic mass is 79.9. The maximum absolute atomic E-state index is 12.3. The monoisotopic (exact) mass is 526 g/mol. The van der Waals surface area contributed by atoms with E-state index in [-0.39, 0.29) is 0 Å². The van der Waals surface area contributed by atoms with Crippen LogP contribution < -0.4 is 20.7 Å². The lowest BCUT2D eigenvalue weighted by Gasteiger charge is -2.26. The van der Waals surface area contributed by atoms with Crippen LogP contribution in [0.5, 0.6) is 5.75 Å². The van der Waals surface area contributed by atoms with Crippen molar-refractivity contribution in [3.63, 3.8) is 0 Å². The molecule has 0 radical (unpaired) electrons. The molecule has 2 amide bonds.